The van der Waals surface area contributed by atoms with Gasteiger partial charge < -0.3 is 14.8 Å². The van der Waals surface area contributed by atoms with Gasteiger partial charge in [0.2, 0.25) is 0 Å². The SMILES string of the molecule is C[C@@H](Oc1ccccc1)C(=O)NCCOc1ccc(Cl)cc1. The summed E-state index contributed by atoms with van der Waals surface area (Å²) < 4.78 is 11.0. The number of ether oxygens (including phenoxy) is 2. The average Bonchev–Trinajstić information content (AvgIpc) is 2.54. The van der Waals surface area contributed by atoms with Crippen LogP contribution in [0.15, 0.2) is 54.6 Å². The zero-order valence-electron chi connectivity index (χ0n) is 12.3. The van der Waals surface area contributed by atoms with Crippen molar-refractivity contribution in [3.05, 3.63) is 59.6 Å². The van der Waals surface area contributed by atoms with Crippen molar-refractivity contribution in [2.24, 2.45) is 0 Å². The number of nitrogens with one attached hydrogen (secondary N) is 1. The molecule has 0 saturated carbocycles. The summed E-state index contributed by atoms with van der Waals surface area (Å²) in [6, 6.07) is 16.3. The van der Waals surface area contributed by atoms with Crippen LogP contribution in [0.1, 0.15) is 6.92 Å². The monoisotopic (exact) mass is 319 g/mol. The van der Waals surface area contributed by atoms with Gasteiger partial charge in [0, 0.05) is 5.02 Å². The lowest BCUT2D eigenvalue weighted by atomic mass is 10.3. The highest BCUT2D eigenvalue weighted by Crippen LogP contribution is 2.15. The maximum atomic E-state index is 11.9. The molecule has 116 valence electrons. The highest BCUT2D eigenvalue weighted by atomic mass is 35.5. The van der Waals surface area contributed by atoms with E-state index >= 15 is 0 Å². The third-order valence-corrected chi connectivity index (χ3v) is 3.16. The number of hydrogen-bond acceptors (Lipinski definition) is 3. The maximum absolute atomic E-state index is 11.9. The molecule has 0 fully saturated rings. The molecule has 0 radical (unpaired) electrons. The number of benzene rings is 2. The summed E-state index contributed by atoms with van der Waals surface area (Å²) in [5.41, 5.74) is 0. The van der Waals surface area contributed by atoms with E-state index in [2.05, 4.69) is 5.32 Å². The molecule has 22 heavy (non-hydrogen) atoms. The molecule has 0 aliphatic carbocycles. The van der Waals surface area contributed by atoms with E-state index in [-0.39, 0.29) is 5.91 Å². The maximum Gasteiger partial charge on any atom is 0.260 e. The van der Waals surface area contributed by atoms with Crippen LogP contribution in [0.5, 0.6) is 11.5 Å². The molecule has 0 saturated heterocycles. The van der Waals surface area contributed by atoms with Gasteiger partial charge in [0.25, 0.3) is 5.91 Å². The van der Waals surface area contributed by atoms with E-state index in [0.717, 1.165) is 0 Å². The summed E-state index contributed by atoms with van der Waals surface area (Å²) >= 11 is 5.79. The molecular formula is C17H18ClNO3. The Balaban J connectivity index is 1.67. The normalized spacial score (nSPS) is 11.5. The first kappa shape index (κ1) is 16.2. The van der Waals surface area contributed by atoms with Crippen LogP contribution in [-0.4, -0.2) is 25.2 Å². The first-order valence-electron chi connectivity index (χ1n) is 7.03. The van der Waals surface area contributed by atoms with Crippen LogP contribution < -0.4 is 14.8 Å². The molecular weight excluding hydrogens is 302 g/mol. The summed E-state index contributed by atoms with van der Waals surface area (Å²) in [5.74, 6) is 1.21. The number of halogens is 1. The Bertz CT molecular complexity index is 587. The topological polar surface area (TPSA) is 47.6 Å². The Labute approximate surface area is 135 Å². The van der Waals surface area contributed by atoms with Crippen molar-refractivity contribution in [2.45, 2.75) is 13.0 Å². The molecule has 0 heterocycles. The van der Waals surface area contributed by atoms with Gasteiger partial charge in [-0.2, -0.15) is 0 Å². The van der Waals surface area contributed by atoms with Crippen molar-refractivity contribution in [1.29, 1.82) is 0 Å². The highest BCUT2D eigenvalue weighted by Gasteiger charge is 2.13. The van der Waals surface area contributed by atoms with Gasteiger partial charge in [-0.3, -0.25) is 4.79 Å². The van der Waals surface area contributed by atoms with Gasteiger partial charge in [0.15, 0.2) is 6.10 Å². The molecule has 1 amide bonds. The Morgan fingerprint density at radius 1 is 1.09 bits per heavy atom. The first-order chi connectivity index (χ1) is 10.6. The molecule has 5 heteroatoms. The van der Waals surface area contributed by atoms with Crippen molar-refractivity contribution in [3.63, 3.8) is 0 Å². The second-order valence-electron chi connectivity index (χ2n) is 4.67. The molecule has 4 nitrogen and oxygen atoms in total. The van der Waals surface area contributed by atoms with Gasteiger partial charge in [-0.1, -0.05) is 29.8 Å². The largest absolute Gasteiger partial charge is 0.492 e. The van der Waals surface area contributed by atoms with Gasteiger partial charge in [-0.05, 0) is 43.3 Å². The quantitative estimate of drug-likeness (QED) is 0.797. The second kappa shape index (κ2) is 8.29. The third kappa shape index (κ3) is 5.30. The van der Waals surface area contributed by atoms with Crippen molar-refractivity contribution in [2.75, 3.05) is 13.2 Å². The van der Waals surface area contributed by atoms with Crippen molar-refractivity contribution >= 4 is 17.5 Å². The molecule has 0 spiro atoms. The summed E-state index contributed by atoms with van der Waals surface area (Å²) in [7, 11) is 0. The molecule has 2 rings (SSSR count). The minimum Gasteiger partial charge on any atom is -0.492 e. The Morgan fingerprint density at radius 2 is 1.77 bits per heavy atom. The van der Waals surface area contributed by atoms with Gasteiger partial charge in [-0.25, -0.2) is 0 Å². The van der Waals surface area contributed by atoms with Crippen LogP contribution in [0, 0.1) is 0 Å². The Morgan fingerprint density at radius 3 is 2.45 bits per heavy atom. The summed E-state index contributed by atoms with van der Waals surface area (Å²) in [4.78, 5) is 11.9. The number of amides is 1. The number of para-hydroxylation sites is 1. The molecule has 0 aromatic heterocycles. The van der Waals surface area contributed by atoms with E-state index in [4.69, 9.17) is 21.1 Å². The molecule has 2 aromatic carbocycles. The minimum atomic E-state index is -0.557. The van der Waals surface area contributed by atoms with E-state index in [1.54, 1.807) is 31.2 Å². The van der Waals surface area contributed by atoms with Gasteiger partial charge in [0.05, 0.1) is 6.54 Å². The molecule has 1 N–H and O–H groups in total. The third-order valence-electron chi connectivity index (χ3n) is 2.91. The smallest absolute Gasteiger partial charge is 0.260 e. The fourth-order valence-electron chi connectivity index (χ4n) is 1.77. The Kier molecular flexibility index (Phi) is 6.10. The second-order valence-corrected chi connectivity index (χ2v) is 5.10. The van der Waals surface area contributed by atoms with Crippen LogP contribution >= 0.6 is 11.6 Å². The molecule has 0 bridgehead atoms. The average molecular weight is 320 g/mol. The molecule has 0 aliphatic heterocycles. The highest BCUT2D eigenvalue weighted by molar-refractivity contribution is 6.30. The van der Waals surface area contributed by atoms with Crippen molar-refractivity contribution < 1.29 is 14.3 Å². The summed E-state index contributed by atoms with van der Waals surface area (Å²) in [5, 5.41) is 3.43. The summed E-state index contributed by atoms with van der Waals surface area (Å²) in [6.07, 6.45) is -0.557. The number of hydrogen-bond donors (Lipinski definition) is 1. The standard InChI is InChI=1S/C17H18ClNO3/c1-13(22-16-5-3-2-4-6-16)17(20)19-11-12-21-15-9-7-14(18)8-10-15/h2-10,13H,11-12H2,1H3,(H,19,20)/t13-/m1/s1. The van der Waals surface area contributed by atoms with E-state index in [9.17, 15) is 4.79 Å². The zero-order valence-corrected chi connectivity index (χ0v) is 13.0. The van der Waals surface area contributed by atoms with Crippen LogP contribution in [0.2, 0.25) is 5.02 Å². The fourth-order valence-corrected chi connectivity index (χ4v) is 1.90. The molecule has 2 aromatic rings. The van der Waals surface area contributed by atoms with Crippen LogP contribution in [0.3, 0.4) is 0 Å². The Hall–Kier alpha value is -2.20. The first-order valence-corrected chi connectivity index (χ1v) is 7.41. The molecule has 0 unspecified atom stereocenters. The summed E-state index contributed by atoms with van der Waals surface area (Å²) in [6.45, 7) is 2.50. The predicted octanol–water partition coefficient (Wildman–Crippen LogP) is 3.30. The van der Waals surface area contributed by atoms with Gasteiger partial charge in [-0.15, -0.1) is 0 Å². The van der Waals surface area contributed by atoms with Crippen LogP contribution in [-0.2, 0) is 4.79 Å². The fraction of sp³-hybridized carbons (Fsp3) is 0.235. The van der Waals surface area contributed by atoms with E-state index < -0.39 is 6.10 Å². The van der Waals surface area contributed by atoms with Crippen LogP contribution in [0.4, 0.5) is 0 Å². The lowest BCUT2D eigenvalue weighted by Crippen LogP contribution is -2.38. The van der Waals surface area contributed by atoms with E-state index in [0.29, 0.717) is 29.7 Å². The predicted molar refractivity (Wildman–Crippen MR) is 86.5 cm³/mol. The molecule has 0 aliphatic rings. The van der Waals surface area contributed by atoms with Crippen LogP contribution in [0.25, 0.3) is 0 Å². The van der Waals surface area contributed by atoms with E-state index in [1.165, 1.54) is 0 Å². The molecule has 1 atom stereocenters. The van der Waals surface area contributed by atoms with Gasteiger partial charge in [0.1, 0.15) is 18.1 Å². The minimum absolute atomic E-state index is 0.177. The lowest BCUT2D eigenvalue weighted by molar-refractivity contribution is -0.127. The zero-order chi connectivity index (χ0) is 15.8. The number of carbonyl (C=O) groups is 1. The number of carbonyl (C=O) groups excluding carboxylic acids is 1. The van der Waals surface area contributed by atoms with E-state index in [1.807, 2.05) is 30.3 Å². The van der Waals surface area contributed by atoms with Crippen molar-refractivity contribution in [3.8, 4) is 11.5 Å². The lowest BCUT2D eigenvalue weighted by Gasteiger charge is -2.14. The van der Waals surface area contributed by atoms with Gasteiger partial charge >= 0.3 is 0 Å². The number of rotatable bonds is 7. The van der Waals surface area contributed by atoms with Crippen molar-refractivity contribution in [1.82, 2.24) is 5.32 Å².